The number of nitrogens with zero attached hydrogens (tertiary/aromatic N) is 3. The zero-order valence-electron chi connectivity index (χ0n) is 12.8. The summed E-state index contributed by atoms with van der Waals surface area (Å²) in [5.74, 6) is 1.02. The fourth-order valence-corrected chi connectivity index (χ4v) is 2.61. The van der Waals surface area contributed by atoms with Gasteiger partial charge in [0.1, 0.15) is 5.82 Å². The maximum atomic E-state index is 9.60. The molecule has 0 atom stereocenters. The van der Waals surface area contributed by atoms with E-state index in [9.17, 15) is 5.11 Å². The number of aliphatic hydroxyl groups is 1. The first-order chi connectivity index (χ1) is 9.10. The second-order valence-electron chi connectivity index (χ2n) is 4.83. The van der Waals surface area contributed by atoms with Crippen LogP contribution in [0.15, 0.2) is 0 Å². The molecule has 5 nitrogen and oxygen atoms in total. The third-order valence-electron chi connectivity index (χ3n) is 3.66. The molecule has 0 saturated heterocycles. The van der Waals surface area contributed by atoms with Crippen molar-refractivity contribution in [2.75, 3.05) is 25.2 Å². The van der Waals surface area contributed by atoms with Crippen LogP contribution in [0.25, 0.3) is 0 Å². The van der Waals surface area contributed by atoms with Crippen molar-refractivity contribution in [2.45, 2.75) is 46.3 Å². The molecule has 1 N–H and O–H groups in total. The first-order valence-electron chi connectivity index (χ1n) is 6.99. The van der Waals surface area contributed by atoms with Crippen molar-refractivity contribution in [3.05, 3.63) is 11.3 Å². The van der Waals surface area contributed by atoms with E-state index in [1.807, 2.05) is 18.7 Å². The maximum absolute atomic E-state index is 9.60. The van der Waals surface area contributed by atoms with Gasteiger partial charge in [-0.15, -0.1) is 0 Å². The molecule has 1 aromatic heterocycles. The van der Waals surface area contributed by atoms with Crippen molar-refractivity contribution in [1.82, 2.24) is 9.78 Å². The molecule has 0 bridgehead atoms. The first kappa shape index (κ1) is 16.0. The number of methoxy groups -OCH3 is 1. The third kappa shape index (κ3) is 3.48. The minimum atomic E-state index is 0.0264. The van der Waals surface area contributed by atoms with Crippen molar-refractivity contribution in [3.63, 3.8) is 0 Å². The lowest BCUT2D eigenvalue weighted by molar-refractivity contribution is 0.202. The molecule has 19 heavy (non-hydrogen) atoms. The van der Waals surface area contributed by atoms with Gasteiger partial charge in [-0.05, 0) is 19.8 Å². The summed E-state index contributed by atoms with van der Waals surface area (Å²) in [7, 11) is 3.65. The van der Waals surface area contributed by atoms with Gasteiger partial charge in [-0.3, -0.25) is 4.68 Å². The Hall–Kier alpha value is -1.07. The van der Waals surface area contributed by atoms with Crippen molar-refractivity contribution in [3.8, 4) is 0 Å². The number of aromatic nitrogens is 2. The number of hydrogen-bond acceptors (Lipinski definition) is 4. The van der Waals surface area contributed by atoms with Crippen LogP contribution < -0.4 is 4.90 Å². The Bertz CT molecular complexity index is 386. The molecule has 0 fully saturated rings. The zero-order chi connectivity index (χ0) is 14.4. The van der Waals surface area contributed by atoms with E-state index in [0.717, 1.165) is 36.5 Å². The largest absolute Gasteiger partial charge is 0.391 e. The number of rotatable bonds is 8. The SMILES string of the molecule is CCC(CC)N(CCOC)c1c(CO)c(C)nn1C. The molecule has 0 aliphatic heterocycles. The van der Waals surface area contributed by atoms with Gasteiger partial charge in [-0.1, -0.05) is 13.8 Å². The van der Waals surface area contributed by atoms with E-state index in [0.29, 0.717) is 12.6 Å². The second kappa shape index (κ2) is 7.50. The summed E-state index contributed by atoms with van der Waals surface area (Å²) >= 11 is 0. The van der Waals surface area contributed by atoms with Crippen molar-refractivity contribution in [2.24, 2.45) is 7.05 Å². The normalized spacial score (nSPS) is 11.3. The lowest BCUT2D eigenvalue weighted by Crippen LogP contribution is -2.39. The predicted octanol–water partition coefficient (Wildman–Crippen LogP) is 1.86. The fraction of sp³-hybridized carbons (Fsp3) is 0.786. The monoisotopic (exact) mass is 269 g/mol. The number of aliphatic hydroxyl groups excluding tert-OH is 1. The average molecular weight is 269 g/mol. The highest BCUT2D eigenvalue weighted by atomic mass is 16.5. The van der Waals surface area contributed by atoms with Gasteiger partial charge in [0.05, 0.1) is 18.9 Å². The molecule has 0 aliphatic rings. The van der Waals surface area contributed by atoms with E-state index >= 15 is 0 Å². The van der Waals surface area contributed by atoms with Gasteiger partial charge in [0.2, 0.25) is 0 Å². The fourth-order valence-electron chi connectivity index (χ4n) is 2.61. The van der Waals surface area contributed by atoms with Gasteiger partial charge in [-0.2, -0.15) is 5.10 Å². The first-order valence-corrected chi connectivity index (χ1v) is 6.99. The Morgan fingerprint density at radius 1 is 1.37 bits per heavy atom. The van der Waals surface area contributed by atoms with Crippen LogP contribution in [0.5, 0.6) is 0 Å². The van der Waals surface area contributed by atoms with Crippen LogP contribution in [-0.4, -0.2) is 41.2 Å². The zero-order valence-corrected chi connectivity index (χ0v) is 12.8. The molecular weight excluding hydrogens is 242 g/mol. The Morgan fingerprint density at radius 3 is 2.47 bits per heavy atom. The molecule has 1 rings (SSSR count). The summed E-state index contributed by atoms with van der Waals surface area (Å²) in [6, 6.07) is 0.440. The molecule has 0 amide bonds. The number of hydrogen-bond donors (Lipinski definition) is 1. The van der Waals surface area contributed by atoms with Crippen LogP contribution in [0.2, 0.25) is 0 Å². The van der Waals surface area contributed by atoms with Crippen LogP contribution in [0.4, 0.5) is 5.82 Å². The number of aryl methyl sites for hydroxylation is 2. The van der Waals surface area contributed by atoms with Gasteiger partial charge >= 0.3 is 0 Å². The predicted molar refractivity (Wildman–Crippen MR) is 77.5 cm³/mol. The van der Waals surface area contributed by atoms with Crippen LogP contribution in [-0.2, 0) is 18.4 Å². The van der Waals surface area contributed by atoms with Crippen molar-refractivity contribution >= 4 is 5.82 Å². The summed E-state index contributed by atoms with van der Waals surface area (Å²) < 4.78 is 7.09. The van der Waals surface area contributed by atoms with Gasteiger partial charge < -0.3 is 14.7 Å². The van der Waals surface area contributed by atoms with Crippen LogP contribution in [0.1, 0.15) is 37.9 Å². The van der Waals surface area contributed by atoms with E-state index in [2.05, 4.69) is 23.8 Å². The van der Waals surface area contributed by atoms with Gasteiger partial charge in [0.25, 0.3) is 0 Å². The van der Waals surface area contributed by atoms with Crippen LogP contribution in [0, 0.1) is 6.92 Å². The Labute approximate surface area is 116 Å². The van der Waals surface area contributed by atoms with Crippen LogP contribution in [0.3, 0.4) is 0 Å². The van der Waals surface area contributed by atoms with E-state index in [4.69, 9.17) is 4.74 Å². The van der Waals surface area contributed by atoms with Crippen molar-refractivity contribution < 1.29 is 9.84 Å². The van der Waals surface area contributed by atoms with Crippen molar-refractivity contribution in [1.29, 1.82) is 0 Å². The standard InChI is InChI=1S/C14H27N3O2/c1-6-12(7-2)17(8-9-19-5)14-13(10-18)11(3)15-16(14)4/h12,18H,6-10H2,1-5H3. The summed E-state index contributed by atoms with van der Waals surface area (Å²) in [5.41, 5.74) is 1.82. The third-order valence-corrected chi connectivity index (χ3v) is 3.66. The molecule has 1 heterocycles. The lowest BCUT2D eigenvalue weighted by atomic mass is 10.1. The lowest BCUT2D eigenvalue weighted by Gasteiger charge is -2.33. The van der Waals surface area contributed by atoms with E-state index in [-0.39, 0.29) is 6.61 Å². The minimum absolute atomic E-state index is 0.0264. The molecule has 0 aromatic carbocycles. The Morgan fingerprint density at radius 2 is 2.00 bits per heavy atom. The summed E-state index contributed by atoms with van der Waals surface area (Å²) in [6.45, 7) is 7.83. The Kier molecular flexibility index (Phi) is 6.31. The molecule has 1 aromatic rings. The smallest absolute Gasteiger partial charge is 0.132 e. The quantitative estimate of drug-likeness (QED) is 0.782. The second-order valence-corrected chi connectivity index (χ2v) is 4.83. The van der Waals surface area contributed by atoms with Crippen LogP contribution >= 0.6 is 0 Å². The molecule has 0 saturated carbocycles. The van der Waals surface area contributed by atoms with E-state index < -0.39 is 0 Å². The molecule has 0 radical (unpaired) electrons. The molecule has 0 aliphatic carbocycles. The van der Waals surface area contributed by atoms with Gasteiger partial charge in [0, 0.05) is 32.3 Å². The summed E-state index contributed by atoms with van der Waals surface area (Å²) in [5, 5.41) is 14.0. The summed E-state index contributed by atoms with van der Waals surface area (Å²) in [4.78, 5) is 2.31. The van der Waals surface area contributed by atoms with E-state index in [1.54, 1.807) is 7.11 Å². The topological polar surface area (TPSA) is 50.5 Å². The van der Waals surface area contributed by atoms with Gasteiger partial charge in [-0.25, -0.2) is 0 Å². The highest BCUT2D eigenvalue weighted by molar-refractivity contribution is 5.50. The highest BCUT2D eigenvalue weighted by Crippen LogP contribution is 2.26. The molecule has 110 valence electrons. The minimum Gasteiger partial charge on any atom is -0.391 e. The molecule has 0 unspecified atom stereocenters. The van der Waals surface area contributed by atoms with Gasteiger partial charge in [0.15, 0.2) is 0 Å². The Balaban J connectivity index is 3.15. The molecule has 5 heteroatoms. The summed E-state index contributed by atoms with van der Waals surface area (Å²) in [6.07, 6.45) is 2.13. The maximum Gasteiger partial charge on any atom is 0.132 e. The average Bonchev–Trinajstić information content (AvgIpc) is 2.68. The van der Waals surface area contributed by atoms with E-state index in [1.165, 1.54) is 0 Å². The number of ether oxygens (including phenoxy) is 1. The number of anilines is 1. The molecular formula is C14H27N3O2. The highest BCUT2D eigenvalue weighted by Gasteiger charge is 2.23. The molecule has 0 spiro atoms.